The monoisotopic (exact) mass is 524 g/mol. The number of nitrogens with zero attached hydrogens (tertiary/aromatic N) is 5. The number of aliphatic imine (C=N–C) groups is 1. The van der Waals surface area contributed by atoms with Crippen LogP contribution in [-0.2, 0) is 13.5 Å². The zero-order valence-electron chi connectivity index (χ0n) is 16.5. The summed E-state index contributed by atoms with van der Waals surface area (Å²) in [5, 5.41) is 6.58. The summed E-state index contributed by atoms with van der Waals surface area (Å²) in [6.45, 7) is 4.21. The van der Waals surface area contributed by atoms with Gasteiger partial charge >= 0.3 is 0 Å². The van der Waals surface area contributed by atoms with Gasteiger partial charge in [0, 0.05) is 62.3 Å². The van der Waals surface area contributed by atoms with Gasteiger partial charge in [-0.3, -0.25) is 9.67 Å². The molecule has 0 bridgehead atoms. The SMILES string of the molecule is Cn1nc(CCN=C(N)N2CCN(c3ccc(Cl)cc3)CC2)c2ccccc21.I. The summed E-state index contributed by atoms with van der Waals surface area (Å²) in [5.74, 6) is 0.621. The van der Waals surface area contributed by atoms with Crippen LogP contribution < -0.4 is 10.6 Å². The van der Waals surface area contributed by atoms with E-state index in [0.29, 0.717) is 12.5 Å². The van der Waals surface area contributed by atoms with Crippen LogP contribution in [0, 0.1) is 0 Å². The van der Waals surface area contributed by atoms with E-state index in [2.05, 4.69) is 44.2 Å². The Morgan fingerprint density at radius 1 is 1.07 bits per heavy atom. The normalized spacial score (nSPS) is 14.9. The summed E-state index contributed by atoms with van der Waals surface area (Å²) in [6.07, 6.45) is 0.785. The van der Waals surface area contributed by atoms with Crippen molar-refractivity contribution in [1.29, 1.82) is 0 Å². The highest BCUT2D eigenvalue weighted by atomic mass is 127. The standard InChI is InChI=1S/C21H25ClN6.HI/c1-26-20-5-3-2-4-18(20)19(25-26)10-11-24-21(23)28-14-12-27(13-15-28)17-8-6-16(22)7-9-17;/h2-9H,10-15H2,1H3,(H2,23,24);1H. The Morgan fingerprint density at radius 2 is 1.76 bits per heavy atom. The molecule has 3 aromatic rings. The second-order valence-corrected chi connectivity index (χ2v) is 7.46. The molecule has 0 radical (unpaired) electrons. The van der Waals surface area contributed by atoms with Crippen molar-refractivity contribution in [2.75, 3.05) is 37.6 Å². The van der Waals surface area contributed by atoms with Crippen LogP contribution in [0.1, 0.15) is 5.69 Å². The van der Waals surface area contributed by atoms with E-state index in [1.165, 1.54) is 11.1 Å². The highest BCUT2D eigenvalue weighted by molar-refractivity contribution is 14.0. The van der Waals surface area contributed by atoms with Gasteiger partial charge in [0.25, 0.3) is 0 Å². The van der Waals surface area contributed by atoms with Crippen LogP contribution in [-0.4, -0.2) is 53.4 Å². The molecule has 0 saturated carbocycles. The third-order valence-electron chi connectivity index (χ3n) is 5.25. The van der Waals surface area contributed by atoms with E-state index in [4.69, 9.17) is 17.3 Å². The van der Waals surface area contributed by atoms with E-state index < -0.39 is 0 Å². The molecule has 1 aliphatic rings. The molecule has 6 nitrogen and oxygen atoms in total. The van der Waals surface area contributed by atoms with Crippen molar-refractivity contribution in [2.24, 2.45) is 17.8 Å². The lowest BCUT2D eigenvalue weighted by Gasteiger charge is -2.36. The van der Waals surface area contributed by atoms with Gasteiger partial charge in [0.2, 0.25) is 0 Å². The highest BCUT2D eigenvalue weighted by Gasteiger charge is 2.18. The fourth-order valence-corrected chi connectivity index (χ4v) is 3.82. The number of fused-ring (bicyclic) bond motifs is 1. The maximum absolute atomic E-state index is 6.25. The molecule has 2 heterocycles. The minimum absolute atomic E-state index is 0. The molecular formula is C21H26ClIN6. The predicted molar refractivity (Wildman–Crippen MR) is 132 cm³/mol. The molecule has 1 aromatic heterocycles. The van der Waals surface area contributed by atoms with Gasteiger partial charge in [0.1, 0.15) is 0 Å². The fourth-order valence-electron chi connectivity index (χ4n) is 3.70. The summed E-state index contributed by atoms with van der Waals surface area (Å²) in [4.78, 5) is 9.11. The van der Waals surface area contributed by atoms with E-state index >= 15 is 0 Å². The first kappa shape index (κ1) is 21.7. The van der Waals surface area contributed by atoms with Gasteiger partial charge in [0.05, 0.1) is 11.2 Å². The van der Waals surface area contributed by atoms with Crippen molar-refractivity contribution >= 4 is 58.1 Å². The molecule has 29 heavy (non-hydrogen) atoms. The van der Waals surface area contributed by atoms with E-state index in [9.17, 15) is 0 Å². The molecule has 8 heteroatoms. The number of guanidine groups is 1. The van der Waals surface area contributed by atoms with Gasteiger partial charge in [-0.1, -0.05) is 29.8 Å². The largest absolute Gasteiger partial charge is 0.370 e. The molecule has 1 fully saturated rings. The molecule has 154 valence electrons. The maximum atomic E-state index is 6.25. The molecule has 4 rings (SSSR count). The first-order valence-electron chi connectivity index (χ1n) is 9.58. The fraction of sp³-hybridized carbons (Fsp3) is 0.333. The minimum atomic E-state index is 0. The van der Waals surface area contributed by atoms with Gasteiger partial charge < -0.3 is 15.5 Å². The Kier molecular flexibility index (Phi) is 7.23. The number of halogens is 2. The number of aromatic nitrogens is 2. The second-order valence-electron chi connectivity index (χ2n) is 7.03. The third-order valence-corrected chi connectivity index (χ3v) is 5.50. The number of rotatable bonds is 4. The summed E-state index contributed by atoms with van der Waals surface area (Å²) in [5.41, 5.74) is 9.66. The molecule has 0 amide bonds. The first-order chi connectivity index (χ1) is 13.6. The summed E-state index contributed by atoms with van der Waals surface area (Å²) < 4.78 is 1.92. The van der Waals surface area contributed by atoms with Crippen molar-refractivity contribution in [3.05, 3.63) is 59.2 Å². The molecule has 0 aliphatic carbocycles. The van der Waals surface area contributed by atoms with E-state index in [-0.39, 0.29) is 24.0 Å². The smallest absolute Gasteiger partial charge is 0.191 e. The van der Waals surface area contributed by atoms with Crippen molar-refractivity contribution in [1.82, 2.24) is 14.7 Å². The van der Waals surface area contributed by atoms with E-state index in [1.54, 1.807) is 0 Å². The van der Waals surface area contributed by atoms with Gasteiger partial charge in [-0.05, 0) is 30.3 Å². The van der Waals surface area contributed by atoms with Crippen LogP contribution in [0.25, 0.3) is 10.9 Å². The van der Waals surface area contributed by atoms with Gasteiger partial charge in [0.15, 0.2) is 5.96 Å². The van der Waals surface area contributed by atoms with Gasteiger partial charge in [-0.15, -0.1) is 24.0 Å². The van der Waals surface area contributed by atoms with Crippen LogP contribution in [0.5, 0.6) is 0 Å². The number of nitrogens with two attached hydrogens (primary N) is 1. The van der Waals surface area contributed by atoms with Gasteiger partial charge in [-0.25, -0.2) is 0 Å². The Morgan fingerprint density at radius 3 is 2.48 bits per heavy atom. The number of piperazine rings is 1. The number of benzene rings is 2. The number of hydrogen-bond donors (Lipinski definition) is 1. The quantitative estimate of drug-likeness (QED) is 0.322. The van der Waals surface area contributed by atoms with Crippen molar-refractivity contribution in [3.63, 3.8) is 0 Å². The number of hydrogen-bond acceptors (Lipinski definition) is 3. The zero-order chi connectivity index (χ0) is 19.5. The third kappa shape index (κ3) is 4.95. The Hall–Kier alpha value is -2.00. The highest BCUT2D eigenvalue weighted by Crippen LogP contribution is 2.20. The van der Waals surface area contributed by atoms with Crippen LogP contribution in [0.4, 0.5) is 5.69 Å². The molecule has 0 spiro atoms. The molecule has 2 aromatic carbocycles. The zero-order valence-corrected chi connectivity index (χ0v) is 19.5. The maximum Gasteiger partial charge on any atom is 0.191 e. The molecule has 0 unspecified atom stereocenters. The van der Waals surface area contributed by atoms with Crippen molar-refractivity contribution in [3.8, 4) is 0 Å². The summed E-state index contributed by atoms with van der Waals surface area (Å²) in [6, 6.07) is 16.3. The molecule has 1 saturated heterocycles. The number of anilines is 1. The first-order valence-corrected chi connectivity index (χ1v) is 9.95. The Labute approximate surface area is 193 Å². The Bertz CT molecular complexity index is 977. The lowest BCUT2D eigenvalue weighted by molar-refractivity contribution is 0.381. The number of aryl methyl sites for hydroxylation is 1. The number of para-hydroxylation sites is 1. The topological polar surface area (TPSA) is 62.7 Å². The summed E-state index contributed by atoms with van der Waals surface area (Å²) in [7, 11) is 1.98. The van der Waals surface area contributed by atoms with Crippen molar-refractivity contribution < 1.29 is 0 Å². The lowest BCUT2D eigenvalue weighted by Crippen LogP contribution is -2.51. The van der Waals surface area contributed by atoms with Gasteiger partial charge in [-0.2, -0.15) is 5.10 Å². The predicted octanol–water partition coefficient (Wildman–Crippen LogP) is 3.52. The molecular weight excluding hydrogens is 499 g/mol. The average Bonchev–Trinajstić information content (AvgIpc) is 3.05. The molecule has 1 aliphatic heterocycles. The molecule has 2 N–H and O–H groups in total. The average molecular weight is 525 g/mol. The van der Waals surface area contributed by atoms with Crippen molar-refractivity contribution in [2.45, 2.75) is 6.42 Å². The summed E-state index contributed by atoms with van der Waals surface area (Å²) >= 11 is 5.98. The van der Waals surface area contributed by atoms with Crippen LogP contribution in [0.2, 0.25) is 5.02 Å². The minimum Gasteiger partial charge on any atom is -0.370 e. The van der Waals surface area contributed by atoms with Crippen LogP contribution >= 0.6 is 35.6 Å². The van der Waals surface area contributed by atoms with E-state index in [1.807, 2.05) is 36.0 Å². The Balaban J connectivity index is 0.00000240. The van der Waals surface area contributed by atoms with E-state index in [0.717, 1.165) is 48.8 Å². The lowest BCUT2D eigenvalue weighted by atomic mass is 10.2. The van der Waals surface area contributed by atoms with Crippen LogP contribution in [0.15, 0.2) is 53.5 Å². The van der Waals surface area contributed by atoms with Crippen LogP contribution in [0.3, 0.4) is 0 Å². The molecule has 0 atom stereocenters. The second kappa shape index (κ2) is 9.67.